The molecule has 1 unspecified atom stereocenters. The van der Waals surface area contributed by atoms with Crippen LogP contribution in [0.3, 0.4) is 0 Å². The first-order valence-corrected chi connectivity index (χ1v) is 10.5. The minimum absolute atomic E-state index is 0.0316. The Hall–Kier alpha value is -2.29. The lowest BCUT2D eigenvalue weighted by Crippen LogP contribution is -2.40. The number of nitrogens with zero attached hydrogens (tertiary/aromatic N) is 1. The van der Waals surface area contributed by atoms with E-state index in [-0.39, 0.29) is 35.8 Å². The Balaban J connectivity index is 1.78. The molecule has 27 heavy (non-hydrogen) atoms. The van der Waals surface area contributed by atoms with E-state index < -0.39 is 9.84 Å². The molecule has 0 saturated carbocycles. The summed E-state index contributed by atoms with van der Waals surface area (Å²) in [6.07, 6.45) is 0.710. The van der Waals surface area contributed by atoms with Crippen LogP contribution in [0.4, 0.5) is 0 Å². The molecule has 150 valence electrons. The van der Waals surface area contributed by atoms with Gasteiger partial charge in [-0.3, -0.25) is 9.59 Å². The van der Waals surface area contributed by atoms with Crippen molar-refractivity contribution in [2.75, 3.05) is 39.3 Å². The first-order chi connectivity index (χ1) is 12.8. The Labute approximate surface area is 159 Å². The fourth-order valence-corrected chi connectivity index (χ4v) is 4.77. The van der Waals surface area contributed by atoms with Crippen molar-refractivity contribution in [3.8, 4) is 11.5 Å². The zero-order valence-corrected chi connectivity index (χ0v) is 16.7. The van der Waals surface area contributed by atoms with Crippen molar-refractivity contribution < 1.29 is 27.5 Å². The maximum absolute atomic E-state index is 12.2. The molecule has 1 aromatic carbocycles. The van der Waals surface area contributed by atoms with Crippen molar-refractivity contribution in [2.24, 2.45) is 0 Å². The SMILES string of the molecule is COc1ccc(CCNC(=O)CC(=O)N(C)C2CCS(=O)(=O)C2)cc1OC. The molecule has 1 atom stereocenters. The molecule has 1 aliphatic rings. The lowest BCUT2D eigenvalue weighted by Gasteiger charge is -2.23. The van der Waals surface area contributed by atoms with E-state index in [1.54, 1.807) is 27.3 Å². The smallest absolute Gasteiger partial charge is 0.232 e. The summed E-state index contributed by atoms with van der Waals surface area (Å²) in [5, 5.41) is 2.71. The van der Waals surface area contributed by atoms with Gasteiger partial charge in [0.05, 0.1) is 25.7 Å². The summed E-state index contributed by atoms with van der Waals surface area (Å²) < 4.78 is 33.5. The lowest BCUT2D eigenvalue weighted by atomic mass is 10.1. The van der Waals surface area contributed by atoms with Crippen molar-refractivity contribution in [2.45, 2.75) is 25.3 Å². The van der Waals surface area contributed by atoms with Crippen molar-refractivity contribution in [1.29, 1.82) is 0 Å². The second kappa shape index (κ2) is 9.07. The van der Waals surface area contributed by atoms with E-state index in [0.717, 1.165) is 5.56 Å². The van der Waals surface area contributed by atoms with Crippen molar-refractivity contribution in [3.63, 3.8) is 0 Å². The Bertz CT molecular complexity index is 793. The number of sulfone groups is 1. The van der Waals surface area contributed by atoms with Gasteiger partial charge in [-0.25, -0.2) is 8.42 Å². The molecular formula is C18H26N2O6S. The molecule has 0 aliphatic carbocycles. The van der Waals surface area contributed by atoms with Gasteiger partial charge in [0.15, 0.2) is 21.3 Å². The molecule has 1 fully saturated rings. The van der Waals surface area contributed by atoms with E-state index in [0.29, 0.717) is 30.9 Å². The summed E-state index contributed by atoms with van der Waals surface area (Å²) in [4.78, 5) is 25.5. The number of carbonyl (C=O) groups excluding carboxylic acids is 2. The Kier molecular flexibility index (Phi) is 7.06. The van der Waals surface area contributed by atoms with Gasteiger partial charge in [-0.15, -0.1) is 0 Å². The summed E-state index contributed by atoms with van der Waals surface area (Å²) in [6, 6.07) is 5.17. The number of amides is 2. The molecule has 0 aromatic heterocycles. The van der Waals surface area contributed by atoms with Gasteiger partial charge in [-0.05, 0) is 30.5 Å². The standard InChI is InChI=1S/C18H26N2O6S/c1-20(14-7-9-27(23,24)12-14)18(22)11-17(21)19-8-6-13-4-5-15(25-2)16(10-13)26-3/h4-5,10,14H,6-9,11-12H2,1-3H3,(H,19,21). The Morgan fingerprint density at radius 3 is 2.52 bits per heavy atom. The van der Waals surface area contributed by atoms with Crippen LogP contribution in [0.2, 0.25) is 0 Å². The number of rotatable bonds is 8. The van der Waals surface area contributed by atoms with Gasteiger partial charge >= 0.3 is 0 Å². The fourth-order valence-electron chi connectivity index (χ4n) is 2.99. The Morgan fingerprint density at radius 1 is 1.22 bits per heavy atom. The molecule has 8 nitrogen and oxygen atoms in total. The monoisotopic (exact) mass is 398 g/mol. The van der Waals surface area contributed by atoms with Crippen molar-refractivity contribution in [1.82, 2.24) is 10.2 Å². The van der Waals surface area contributed by atoms with Gasteiger partial charge in [-0.2, -0.15) is 0 Å². The predicted molar refractivity (Wildman–Crippen MR) is 101 cm³/mol. The van der Waals surface area contributed by atoms with Crippen LogP contribution in [0.25, 0.3) is 0 Å². The normalized spacial score (nSPS) is 18.0. The number of nitrogens with one attached hydrogen (secondary N) is 1. The van der Waals surface area contributed by atoms with E-state index in [1.165, 1.54) is 4.90 Å². The van der Waals surface area contributed by atoms with Crippen molar-refractivity contribution >= 4 is 21.7 Å². The van der Waals surface area contributed by atoms with E-state index in [1.807, 2.05) is 12.1 Å². The average molecular weight is 398 g/mol. The first kappa shape index (κ1) is 21.0. The molecule has 9 heteroatoms. The number of hydrogen-bond acceptors (Lipinski definition) is 6. The summed E-state index contributed by atoms with van der Waals surface area (Å²) in [7, 11) is 1.59. The van der Waals surface area contributed by atoms with Gasteiger partial charge in [0.1, 0.15) is 6.42 Å². The second-order valence-corrected chi connectivity index (χ2v) is 8.76. The zero-order valence-electron chi connectivity index (χ0n) is 15.9. The van der Waals surface area contributed by atoms with Crippen LogP contribution in [0.1, 0.15) is 18.4 Å². The van der Waals surface area contributed by atoms with E-state index in [4.69, 9.17) is 9.47 Å². The number of ether oxygens (including phenoxy) is 2. The second-order valence-electron chi connectivity index (χ2n) is 6.53. The van der Waals surface area contributed by atoms with Gasteiger partial charge in [0.25, 0.3) is 0 Å². The third-order valence-corrected chi connectivity index (χ3v) is 6.40. The topological polar surface area (TPSA) is 102 Å². The van der Waals surface area contributed by atoms with Crippen LogP contribution in [0.15, 0.2) is 18.2 Å². The van der Waals surface area contributed by atoms with Crippen LogP contribution < -0.4 is 14.8 Å². The number of benzene rings is 1. The summed E-state index contributed by atoms with van der Waals surface area (Å²) in [6.45, 7) is 0.378. The van der Waals surface area contributed by atoms with Crippen LogP contribution in [0.5, 0.6) is 11.5 Å². The predicted octanol–water partition coefficient (Wildman–Crippen LogP) is 0.398. The molecule has 1 aliphatic heterocycles. The lowest BCUT2D eigenvalue weighted by molar-refractivity contribution is -0.136. The molecule has 1 aromatic rings. The minimum atomic E-state index is -3.07. The average Bonchev–Trinajstić information content (AvgIpc) is 3.00. The molecule has 0 radical (unpaired) electrons. The van der Waals surface area contributed by atoms with Crippen LogP contribution in [-0.2, 0) is 25.8 Å². The van der Waals surface area contributed by atoms with E-state index in [2.05, 4.69) is 5.32 Å². The summed E-state index contributed by atoms with van der Waals surface area (Å²) >= 11 is 0. The molecule has 0 bridgehead atoms. The molecule has 1 N–H and O–H groups in total. The van der Waals surface area contributed by atoms with Crippen molar-refractivity contribution in [3.05, 3.63) is 23.8 Å². The molecule has 0 spiro atoms. The van der Waals surface area contributed by atoms with Crippen LogP contribution >= 0.6 is 0 Å². The highest BCUT2D eigenvalue weighted by Gasteiger charge is 2.33. The minimum Gasteiger partial charge on any atom is -0.493 e. The van der Waals surface area contributed by atoms with E-state index >= 15 is 0 Å². The summed E-state index contributed by atoms with van der Waals surface area (Å²) in [5.41, 5.74) is 0.965. The number of hydrogen-bond donors (Lipinski definition) is 1. The number of methoxy groups -OCH3 is 2. The Morgan fingerprint density at radius 2 is 1.93 bits per heavy atom. The summed E-state index contributed by atoms with van der Waals surface area (Å²) in [5.74, 6) is 0.551. The third-order valence-electron chi connectivity index (χ3n) is 4.65. The van der Waals surface area contributed by atoms with Gasteiger partial charge < -0.3 is 19.7 Å². The fraction of sp³-hybridized carbons (Fsp3) is 0.556. The highest BCUT2D eigenvalue weighted by Crippen LogP contribution is 2.27. The highest BCUT2D eigenvalue weighted by atomic mass is 32.2. The molecule has 2 amide bonds. The van der Waals surface area contributed by atoms with Gasteiger partial charge in [0.2, 0.25) is 11.8 Å². The molecular weight excluding hydrogens is 372 g/mol. The highest BCUT2D eigenvalue weighted by molar-refractivity contribution is 7.91. The molecule has 1 heterocycles. The van der Waals surface area contributed by atoms with E-state index in [9.17, 15) is 18.0 Å². The number of carbonyl (C=O) groups is 2. The molecule has 2 rings (SSSR count). The van der Waals surface area contributed by atoms with Gasteiger partial charge in [-0.1, -0.05) is 6.07 Å². The third kappa shape index (κ3) is 5.85. The quantitative estimate of drug-likeness (QED) is 0.636. The molecule has 1 saturated heterocycles. The van der Waals surface area contributed by atoms with Crippen LogP contribution in [-0.4, -0.2) is 70.5 Å². The zero-order chi connectivity index (χ0) is 20.0. The van der Waals surface area contributed by atoms with Gasteiger partial charge in [0, 0.05) is 19.6 Å². The largest absolute Gasteiger partial charge is 0.493 e. The first-order valence-electron chi connectivity index (χ1n) is 8.69. The van der Waals surface area contributed by atoms with Crippen LogP contribution in [0, 0.1) is 0 Å². The maximum atomic E-state index is 12.2. The maximum Gasteiger partial charge on any atom is 0.232 e.